The summed E-state index contributed by atoms with van der Waals surface area (Å²) in [4.78, 5) is 12.3. The lowest BCUT2D eigenvalue weighted by atomic mass is 9.87. The van der Waals surface area contributed by atoms with Gasteiger partial charge in [0.25, 0.3) is 5.91 Å². The topological polar surface area (TPSA) is 29.1 Å². The van der Waals surface area contributed by atoms with Crippen LogP contribution >= 0.6 is 15.9 Å². The Morgan fingerprint density at radius 1 is 1.30 bits per heavy atom. The van der Waals surface area contributed by atoms with E-state index in [0.29, 0.717) is 5.56 Å². The van der Waals surface area contributed by atoms with Gasteiger partial charge in [0.1, 0.15) is 0 Å². The quantitative estimate of drug-likeness (QED) is 0.688. The van der Waals surface area contributed by atoms with Crippen LogP contribution in [0.1, 0.15) is 62.4 Å². The van der Waals surface area contributed by atoms with Gasteiger partial charge in [-0.1, -0.05) is 51.7 Å². The van der Waals surface area contributed by atoms with Gasteiger partial charge >= 0.3 is 0 Å². The predicted molar refractivity (Wildman–Crippen MR) is 89.1 cm³/mol. The molecule has 20 heavy (non-hydrogen) atoms. The first-order valence-corrected chi connectivity index (χ1v) is 8.19. The van der Waals surface area contributed by atoms with E-state index in [1.165, 1.54) is 19.3 Å². The standard InChI is InChI=1S/C17H26BrNO/c1-5-6-7-10-17(3,4)12-19-16(20)14-11-13(2)8-9-15(14)18/h8-9,11H,5-7,10,12H2,1-4H3,(H,19,20). The minimum atomic E-state index is 0.00383. The number of unbranched alkanes of at least 4 members (excludes halogenated alkanes) is 2. The van der Waals surface area contributed by atoms with E-state index in [2.05, 4.69) is 42.0 Å². The van der Waals surface area contributed by atoms with E-state index < -0.39 is 0 Å². The van der Waals surface area contributed by atoms with E-state index in [9.17, 15) is 4.79 Å². The van der Waals surface area contributed by atoms with Crippen molar-refractivity contribution < 1.29 is 4.79 Å². The number of hydrogen-bond acceptors (Lipinski definition) is 1. The molecule has 0 aliphatic heterocycles. The summed E-state index contributed by atoms with van der Waals surface area (Å²) in [5.74, 6) is 0.00383. The van der Waals surface area contributed by atoms with Crippen molar-refractivity contribution in [2.45, 2.75) is 53.4 Å². The van der Waals surface area contributed by atoms with Crippen molar-refractivity contribution in [3.63, 3.8) is 0 Å². The zero-order chi connectivity index (χ0) is 15.2. The summed E-state index contributed by atoms with van der Waals surface area (Å²) in [5, 5.41) is 3.07. The fourth-order valence-electron chi connectivity index (χ4n) is 2.17. The van der Waals surface area contributed by atoms with Gasteiger partial charge in [0, 0.05) is 11.0 Å². The number of carbonyl (C=O) groups excluding carboxylic acids is 1. The Labute approximate surface area is 131 Å². The molecule has 1 amide bonds. The third-order valence-electron chi connectivity index (χ3n) is 3.55. The SMILES string of the molecule is CCCCCC(C)(C)CNC(=O)c1cc(C)ccc1Br. The highest BCUT2D eigenvalue weighted by Gasteiger charge is 2.19. The Morgan fingerprint density at radius 3 is 2.65 bits per heavy atom. The highest BCUT2D eigenvalue weighted by Crippen LogP contribution is 2.23. The molecule has 0 heterocycles. The van der Waals surface area contributed by atoms with Gasteiger partial charge in [-0.2, -0.15) is 0 Å². The summed E-state index contributed by atoms with van der Waals surface area (Å²) in [6.45, 7) is 9.36. The molecular weight excluding hydrogens is 314 g/mol. The number of amides is 1. The lowest BCUT2D eigenvalue weighted by Gasteiger charge is -2.25. The first kappa shape index (κ1) is 17.2. The van der Waals surface area contributed by atoms with E-state index >= 15 is 0 Å². The number of hydrogen-bond donors (Lipinski definition) is 1. The van der Waals surface area contributed by atoms with Gasteiger partial charge in [0.05, 0.1) is 5.56 Å². The van der Waals surface area contributed by atoms with E-state index in [-0.39, 0.29) is 11.3 Å². The maximum absolute atomic E-state index is 12.3. The summed E-state index contributed by atoms with van der Waals surface area (Å²) >= 11 is 3.44. The van der Waals surface area contributed by atoms with Crippen LogP contribution in [0.4, 0.5) is 0 Å². The molecule has 1 aromatic carbocycles. The van der Waals surface area contributed by atoms with Crippen LogP contribution in [0.3, 0.4) is 0 Å². The monoisotopic (exact) mass is 339 g/mol. The average Bonchev–Trinajstić information content (AvgIpc) is 2.39. The molecule has 0 aromatic heterocycles. The molecule has 112 valence electrons. The van der Waals surface area contributed by atoms with Gasteiger partial charge in [-0.05, 0) is 46.8 Å². The summed E-state index contributed by atoms with van der Waals surface area (Å²) in [5.41, 5.74) is 1.97. The Kier molecular flexibility index (Phi) is 6.74. The van der Waals surface area contributed by atoms with Crippen molar-refractivity contribution in [3.8, 4) is 0 Å². The number of halogens is 1. The molecule has 0 unspecified atom stereocenters. The van der Waals surface area contributed by atoms with Crippen molar-refractivity contribution >= 4 is 21.8 Å². The van der Waals surface area contributed by atoms with Crippen LogP contribution in [-0.2, 0) is 0 Å². The van der Waals surface area contributed by atoms with Gasteiger partial charge in [0.2, 0.25) is 0 Å². The van der Waals surface area contributed by atoms with Crippen LogP contribution in [0.5, 0.6) is 0 Å². The van der Waals surface area contributed by atoms with Crippen LogP contribution in [-0.4, -0.2) is 12.5 Å². The van der Waals surface area contributed by atoms with Crippen molar-refractivity contribution in [2.24, 2.45) is 5.41 Å². The zero-order valence-electron chi connectivity index (χ0n) is 13.1. The summed E-state index contributed by atoms with van der Waals surface area (Å²) in [6.07, 6.45) is 4.88. The van der Waals surface area contributed by atoms with Crippen LogP contribution in [0, 0.1) is 12.3 Å². The average molecular weight is 340 g/mol. The Bertz CT molecular complexity index is 454. The zero-order valence-corrected chi connectivity index (χ0v) is 14.6. The molecule has 0 saturated heterocycles. The molecule has 0 atom stereocenters. The molecule has 0 aliphatic carbocycles. The second-order valence-corrected chi connectivity index (χ2v) is 7.14. The summed E-state index contributed by atoms with van der Waals surface area (Å²) < 4.78 is 0.851. The molecule has 0 bridgehead atoms. The predicted octanol–water partition coefficient (Wildman–Crippen LogP) is 5.09. The molecule has 2 nitrogen and oxygen atoms in total. The highest BCUT2D eigenvalue weighted by molar-refractivity contribution is 9.10. The second kappa shape index (κ2) is 7.82. The number of benzene rings is 1. The third kappa shape index (κ3) is 5.66. The molecule has 1 N–H and O–H groups in total. The normalized spacial score (nSPS) is 11.4. The Hall–Kier alpha value is -0.830. The number of carbonyl (C=O) groups is 1. The highest BCUT2D eigenvalue weighted by atomic mass is 79.9. The number of rotatable bonds is 7. The third-order valence-corrected chi connectivity index (χ3v) is 4.24. The molecule has 0 saturated carbocycles. The second-order valence-electron chi connectivity index (χ2n) is 6.29. The van der Waals surface area contributed by atoms with Crippen molar-refractivity contribution in [2.75, 3.05) is 6.54 Å². The Morgan fingerprint density at radius 2 is 2.00 bits per heavy atom. The van der Waals surface area contributed by atoms with Crippen molar-refractivity contribution in [1.82, 2.24) is 5.32 Å². The molecule has 1 rings (SSSR count). The van der Waals surface area contributed by atoms with E-state index in [0.717, 1.165) is 23.0 Å². The molecule has 1 aromatic rings. The van der Waals surface area contributed by atoms with Gasteiger partial charge < -0.3 is 5.32 Å². The van der Waals surface area contributed by atoms with Gasteiger partial charge in [-0.25, -0.2) is 0 Å². The van der Waals surface area contributed by atoms with Gasteiger partial charge in [-0.15, -0.1) is 0 Å². The van der Waals surface area contributed by atoms with Crippen molar-refractivity contribution in [3.05, 3.63) is 33.8 Å². The van der Waals surface area contributed by atoms with E-state index in [4.69, 9.17) is 0 Å². The van der Waals surface area contributed by atoms with Gasteiger partial charge in [0.15, 0.2) is 0 Å². The van der Waals surface area contributed by atoms with E-state index in [1.807, 2.05) is 25.1 Å². The maximum Gasteiger partial charge on any atom is 0.252 e. The molecule has 0 aliphatic rings. The fourth-order valence-corrected chi connectivity index (χ4v) is 2.60. The van der Waals surface area contributed by atoms with Crippen LogP contribution in [0.15, 0.2) is 22.7 Å². The molecule has 3 heteroatoms. The molecule has 0 radical (unpaired) electrons. The smallest absolute Gasteiger partial charge is 0.252 e. The minimum Gasteiger partial charge on any atom is -0.351 e. The van der Waals surface area contributed by atoms with Crippen molar-refractivity contribution in [1.29, 1.82) is 0 Å². The van der Waals surface area contributed by atoms with Gasteiger partial charge in [-0.3, -0.25) is 4.79 Å². The Balaban J connectivity index is 2.56. The largest absolute Gasteiger partial charge is 0.351 e. The number of aryl methyl sites for hydroxylation is 1. The first-order chi connectivity index (χ1) is 9.35. The molecule has 0 fully saturated rings. The van der Waals surface area contributed by atoms with Crippen LogP contribution in [0.25, 0.3) is 0 Å². The summed E-state index contributed by atoms with van der Waals surface area (Å²) in [7, 11) is 0. The maximum atomic E-state index is 12.3. The lowest BCUT2D eigenvalue weighted by Crippen LogP contribution is -2.34. The lowest BCUT2D eigenvalue weighted by molar-refractivity contribution is 0.0933. The number of nitrogens with one attached hydrogen (secondary N) is 1. The van der Waals surface area contributed by atoms with Crippen LogP contribution < -0.4 is 5.32 Å². The van der Waals surface area contributed by atoms with Crippen LogP contribution in [0.2, 0.25) is 0 Å². The van der Waals surface area contributed by atoms with E-state index in [1.54, 1.807) is 0 Å². The molecule has 0 spiro atoms. The fraction of sp³-hybridized carbons (Fsp3) is 0.588. The molecular formula is C17H26BrNO. The first-order valence-electron chi connectivity index (χ1n) is 7.40. The summed E-state index contributed by atoms with van der Waals surface area (Å²) in [6, 6.07) is 5.84. The minimum absolute atomic E-state index is 0.00383.